The second-order valence-corrected chi connectivity index (χ2v) is 25.2. The summed E-state index contributed by atoms with van der Waals surface area (Å²) in [5, 5.41) is 0.525. The minimum atomic E-state index is -4.20. The van der Waals surface area contributed by atoms with Crippen LogP contribution in [-0.4, -0.2) is 58.6 Å². The molecular weight excluding hydrogens is 547 g/mol. The van der Waals surface area contributed by atoms with Crippen LogP contribution in [0.15, 0.2) is 26.9 Å². The van der Waals surface area contributed by atoms with E-state index in [4.69, 9.17) is 23.8 Å². The molecule has 38 heavy (non-hydrogen) atoms. The third-order valence-corrected chi connectivity index (χ3v) is 19.0. The van der Waals surface area contributed by atoms with Crippen LogP contribution in [0.4, 0.5) is 0 Å². The van der Waals surface area contributed by atoms with Crippen LogP contribution >= 0.6 is 0 Å². The van der Waals surface area contributed by atoms with E-state index in [-0.39, 0.29) is 21.3 Å². The number of hydrogen-bond donors (Lipinski definition) is 2. The van der Waals surface area contributed by atoms with Crippen molar-refractivity contribution in [3.63, 3.8) is 0 Å². The summed E-state index contributed by atoms with van der Waals surface area (Å²) in [6, 6.07) is 0. The average molecular weight is 590 g/mol. The lowest BCUT2D eigenvalue weighted by atomic mass is 9.94. The van der Waals surface area contributed by atoms with Gasteiger partial charge in [0.15, 0.2) is 20.8 Å². The molecule has 0 bridgehead atoms. The fourth-order valence-electron chi connectivity index (χ4n) is 3.83. The van der Waals surface area contributed by atoms with Gasteiger partial charge in [-0.3, -0.25) is 14.3 Å². The Bertz CT molecular complexity index is 1340. The SMILES string of the molecule is Cc1cn([C@@H]2O[C@H](OC[Si](C)(C)C(C)(C)C)[C@@]3(OS(=O)(=O)C=C3N)[C@H]2O[Si](C)(C)C(C)(C)C)c(=O)[nH]c1=O. The molecule has 3 rings (SSSR count). The lowest BCUT2D eigenvalue weighted by molar-refractivity contribution is -0.182. The van der Waals surface area contributed by atoms with Gasteiger partial charge < -0.3 is 19.6 Å². The van der Waals surface area contributed by atoms with E-state index in [2.05, 4.69) is 38.8 Å². The molecule has 0 unspecified atom stereocenters. The zero-order valence-corrected chi connectivity index (χ0v) is 27.1. The third kappa shape index (κ3) is 5.40. The number of ether oxygens (including phenoxy) is 2. The Balaban J connectivity index is 2.24. The Labute approximate surface area is 227 Å². The van der Waals surface area contributed by atoms with Crippen molar-refractivity contribution in [2.45, 2.75) is 109 Å². The van der Waals surface area contributed by atoms with Gasteiger partial charge in [0.2, 0.25) is 5.60 Å². The van der Waals surface area contributed by atoms with Crippen LogP contribution in [0.1, 0.15) is 53.3 Å². The number of aromatic amines is 1. The highest BCUT2D eigenvalue weighted by atomic mass is 32.2. The molecule has 0 aliphatic carbocycles. The van der Waals surface area contributed by atoms with Gasteiger partial charge in [-0.1, -0.05) is 54.6 Å². The predicted octanol–water partition coefficient (Wildman–Crippen LogP) is 3.05. The van der Waals surface area contributed by atoms with Gasteiger partial charge in [-0.15, -0.1) is 0 Å². The van der Waals surface area contributed by atoms with Gasteiger partial charge in [0, 0.05) is 18.0 Å². The van der Waals surface area contributed by atoms with Crippen LogP contribution in [0, 0.1) is 6.92 Å². The van der Waals surface area contributed by atoms with Crippen LogP contribution in [0.25, 0.3) is 0 Å². The molecule has 1 saturated heterocycles. The summed E-state index contributed by atoms with van der Waals surface area (Å²) in [7, 11) is -8.89. The summed E-state index contributed by atoms with van der Waals surface area (Å²) in [4.78, 5) is 27.4. The molecule has 0 radical (unpaired) electrons. The Morgan fingerprint density at radius 2 is 1.68 bits per heavy atom. The molecule has 216 valence electrons. The normalized spacial score (nSPS) is 28.2. The van der Waals surface area contributed by atoms with E-state index in [9.17, 15) is 18.0 Å². The number of nitrogens with one attached hydrogen (secondary N) is 1. The van der Waals surface area contributed by atoms with Gasteiger partial charge in [0.05, 0.1) is 19.2 Å². The maximum Gasteiger partial charge on any atom is 0.330 e. The second kappa shape index (κ2) is 9.52. The van der Waals surface area contributed by atoms with Crippen molar-refractivity contribution in [3.05, 3.63) is 43.7 Å². The van der Waals surface area contributed by atoms with Crippen LogP contribution in [-0.2, 0) is 28.2 Å². The molecule has 1 spiro atoms. The van der Waals surface area contributed by atoms with Crippen LogP contribution in [0.5, 0.6) is 0 Å². The summed E-state index contributed by atoms with van der Waals surface area (Å²) in [5.41, 5.74) is 3.41. The zero-order valence-electron chi connectivity index (χ0n) is 24.3. The summed E-state index contributed by atoms with van der Waals surface area (Å²) >= 11 is 0. The summed E-state index contributed by atoms with van der Waals surface area (Å²) in [5.74, 6) is 0. The van der Waals surface area contributed by atoms with Crippen molar-refractivity contribution in [1.29, 1.82) is 0 Å². The van der Waals surface area contributed by atoms with Gasteiger partial charge in [-0.2, -0.15) is 8.42 Å². The van der Waals surface area contributed by atoms with E-state index < -0.39 is 62.0 Å². The predicted molar refractivity (Wildman–Crippen MR) is 150 cm³/mol. The van der Waals surface area contributed by atoms with Crippen LogP contribution < -0.4 is 17.0 Å². The Morgan fingerprint density at radius 3 is 2.16 bits per heavy atom. The number of aryl methyl sites for hydroxylation is 1. The number of H-pyrrole nitrogens is 1. The molecule has 0 aromatic carbocycles. The summed E-state index contributed by atoms with van der Waals surface area (Å²) in [6.07, 6.45) is -2.01. The highest BCUT2D eigenvalue weighted by Gasteiger charge is 2.68. The smallest absolute Gasteiger partial charge is 0.330 e. The van der Waals surface area contributed by atoms with Gasteiger partial charge in [-0.25, -0.2) is 8.98 Å². The standard InChI is InChI=1S/C24H43N3O8SSi2/c1-15-12-27(21(29)26-18(15)28)19-17(34-38(10,11)23(5,6)7)24(16(25)13-36(30,31)35-24)20(33-19)32-14-37(8,9)22(2,3)4/h12-13,17,19-20H,14,25H2,1-11H3,(H,26,28,29)/t17-,19+,20-,24-/m0/s1. The maximum absolute atomic E-state index is 13.0. The van der Waals surface area contributed by atoms with Crippen molar-refractivity contribution in [1.82, 2.24) is 9.55 Å². The molecule has 3 N–H and O–H groups in total. The molecule has 11 nitrogen and oxygen atoms in total. The van der Waals surface area contributed by atoms with E-state index in [0.29, 0.717) is 6.23 Å². The Kier molecular flexibility index (Phi) is 7.76. The Morgan fingerprint density at radius 1 is 1.11 bits per heavy atom. The number of nitrogens with zero attached hydrogens (tertiary/aromatic N) is 1. The van der Waals surface area contributed by atoms with Gasteiger partial charge in [-0.05, 0) is 30.1 Å². The molecule has 1 fully saturated rings. The van der Waals surface area contributed by atoms with E-state index in [1.165, 1.54) is 10.8 Å². The minimum Gasteiger partial charge on any atom is -0.406 e. The molecule has 0 saturated carbocycles. The van der Waals surface area contributed by atoms with Gasteiger partial charge in [0.1, 0.15) is 6.10 Å². The molecule has 1 aromatic rings. The summed E-state index contributed by atoms with van der Waals surface area (Å²) < 4.78 is 51.9. The molecule has 14 heteroatoms. The molecule has 4 atom stereocenters. The maximum atomic E-state index is 13.0. The largest absolute Gasteiger partial charge is 0.406 e. The quantitative estimate of drug-likeness (QED) is 0.377. The van der Waals surface area contributed by atoms with Crippen molar-refractivity contribution >= 4 is 26.5 Å². The minimum absolute atomic E-state index is 0.0355. The molecule has 2 aliphatic heterocycles. The first-order chi connectivity index (χ1) is 17.0. The first-order valence-corrected chi connectivity index (χ1v) is 20.2. The molecule has 0 amide bonds. The number of aromatic nitrogens is 2. The van der Waals surface area contributed by atoms with E-state index in [1.807, 2.05) is 33.9 Å². The van der Waals surface area contributed by atoms with Gasteiger partial charge in [0.25, 0.3) is 15.7 Å². The first kappa shape index (κ1) is 31.0. The highest BCUT2D eigenvalue weighted by Crippen LogP contribution is 2.52. The topological polar surface area (TPSA) is 152 Å². The number of nitrogens with two attached hydrogens (primary N) is 1. The van der Waals surface area contributed by atoms with Gasteiger partial charge >= 0.3 is 5.69 Å². The Hall–Kier alpha value is -1.56. The molecular formula is C24H43N3O8SSi2. The second-order valence-electron chi connectivity index (χ2n) is 13.5. The van der Waals surface area contributed by atoms with E-state index >= 15 is 0 Å². The molecule has 3 heterocycles. The highest BCUT2D eigenvalue weighted by molar-refractivity contribution is 7.90. The van der Waals surface area contributed by atoms with E-state index in [0.717, 1.165) is 5.41 Å². The van der Waals surface area contributed by atoms with Crippen molar-refractivity contribution in [3.8, 4) is 0 Å². The van der Waals surface area contributed by atoms with Crippen LogP contribution in [0.3, 0.4) is 0 Å². The van der Waals surface area contributed by atoms with Crippen molar-refractivity contribution in [2.75, 3.05) is 6.23 Å². The summed E-state index contributed by atoms with van der Waals surface area (Å²) in [6.45, 7) is 22.4. The van der Waals surface area contributed by atoms with Crippen molar-refractivity contribution < 1.29 is 26.5 Å². The number of rotatable bonds is 6. The first-order valence-electron chi connectivity index (χ1n) is 12.7. The fourth-order valence-corrected chi connectivity index (χ4v) is 7.31. The fraction of sp³-hybridized carbons (Fsp3) is 0.750. The monoisotopic (exact) mass is 589 g/mol. The molecule has 1 aromatic heterocycles. The van der Waals surface area contributed by atoms with Crippen molar-refractivity contribution in [2.24, 2.45) is 5.73 Å². The zero-order chi connectivity index (χ0) is 29.3. The third-order valence-electron chi connectivity index (χ3n) is 8.55. The average Bonchev–Trinajstić information content (AvgIpc) is 3.14. The molecule has 2 aliphatic rings. The number of hydrogen-bond acceptors (Lipinski definition) is 9. The van der Waals surface area contributed by atoms with E-state index in [1.54, 1.807) is 6.92 Å². The van der Waals surface area contributed by atoms with Crippen LogP contribution in [0.2, 0.25) is 36.3 Å². The lowest BCUT2D eigenvalue weighted by Crippen LogP contribution is -2.59. The lowest BCUT2D eigenvalue weighted by Gasteiger charge is -2.43.